The highest BCUT2D eigenvalue weighted by Crippen LogP contribution is 2.28. The molecular weight excluding hydrogens is 404 g/mol. The van der Waals surface area contributed by atoms with E-state index in [9.17, 15) is 26.4 Å². The molecule has 134 valence electrons. The molecule has 2 N–H and O–H groups in total. The van der Waals surface area contributed by atoms with Crippen LogP contribution in [0.15, 0.2) is 47.4 Å². The van der Waals surface area contributed by atoms with Crippen LogP contribution in [-0.4, -0.2) is 20.5 Å². The summed E-state index contributed by atoms with van der Waals surface area (Å²) in [4.78, 5) is 10.6. The van der Waals surface area contributed by atoms with Crippen molar-refractivity contribution in [2.45, 2.75) is 11.1 Å². The van der Waals surface area contributed by atoms with E-state index < -0.39 is 22.1 Å². The smallest absolute Gasteiger partial charge is 0.318 e. The Morgan fingerprint density at radius 2 is 1.60 bits per heavy atom. The van der Waals surface area contributed by atoms with Crippen molar-refractivity contribution < 1.29 is 26.4 Å². The van der Waals surface area contributed by atoms with Crippen LogP contribution >= 0.6 is 23.2 Å². The first-order valence-corrected chi connectivity index (χ1v) is 8.69. The lowest BCUT2D eigenvalue weighted by molar-refractivity contribution is -0.167. The number of amides is 1. The minimum absolute atomic E-state index is 0.0742. The van der Waals surface area contributed by atoms with Crippen molar-refractivity contribution in [2.75, 3.05) is 10.0 Å². The first-order chi connectivity index (χ1) is 11.5. The molecule has 0 aliphatic rings. The third-order valence-electron chi connectivity index (χ3n) is 2.86. The lowest BCUT2D eigenvalue weighted by atomic mass is 10.3. The van der Waals surface area contributed by atoms with Crippen LogP contribution < -0.4 is 10.0 Å². The van der Waals surface area contributed by atoms with E-state index in [1.807, 2.05) is 0 Å². The zero-order valence-electron chi connectivity index (χ0n) is 12.1. The van der Waals surface area contributed by atoms with Gasteiger partial charge < -0.3 is 5.32 Å². The number of rotatable bonds is 4. The molecule has 2 aromatic carbocycles. The fourth-order valence-electron chi connectivity index (χ4n) is 1.70. The predicted octanol–water partition coefficient (Wildman–Crippen LogP) is 4.30. The SMILES string of the molecule is O=C(Nc1ccc(S(=O)(=O)Nc2ccc(Cl)cc2Cl)cc1)C(F)(F)F. The summed E-state index contributed by atoms with van der Waals surface area (Å²) in [6, 6.07) is 8.28. The number of nitrogens with one attached hydrogen (secondary N) is 2. The number of carbonyl (C=O) groups is 1. The molecule has 2 aromatic rings. The minimum Gasteiger partial charge on any atom is -0.318 e. The topological polar surface area (TPSA) is 75.3 Å². The molecule has 0 fully saturated rings. The van der Waals surface area contributed by atoms with Crippen molar-refractivity contribution in [3.63, 3.8) is 0 Å². The van der Waals surface area contributed by atoms with Crippen LogP contribution in [0.4, 0.5) is 24.5 Å². The molecule has 0 heterocycles. The van der Waals surface area contributed by atoms with Crippen molar-refractivity contribution in [3.8, 4) is 0 Å². The van der Waals surface area contributed by atoms with E-state index >= 15 is 0 Å². The molecule has 25 heavy (non-hydrogen) atoms. The molecule has 0 aliphatic carbocycles. The summed E-state index contributed by atoms with van der Waals surface area (Å²) in [5, 5.41) is 2.00. The monoisotopic (exact) mass is 412 g/mol. The summed E-state index contributed by atoms with van der Waals surface area (Å²) < 4.78 is 63.3. The summed E-state index contributed by atoms with van der Waals surface area (Å²) in [7, 11) is -4.03. The van der Waals surface area contributed by atoms with Crippen LogP contribution in [0.25, 0.3) is 0 Å². The van der Waals surface area contributed by atoms with E-state index in [1.54, 1.807) is 5.32 Å². The number of sulfonamides is 1. The molecule has 0 unspecified atom stereocenters. The summed E-state index contributed by atoms with van der Waals surface area (Å²) >= 11 is 11.6. The maximum Gasteiger partial charge on any atom is 0.471 e. The van der Waals surface area contributed by atoms with Crippen LogP contribution in [0.5, 0.6) is 0 Å². The third kappa shape index (κ3) is 5.00. The van der Waals surface area contributed by atoms with Gasteiger partial charge in [0, 0.05) is 10.7 Å². The highest BCUT2D eigenvalue weighted by molar-refractivity contribution is 7.92. The summed E-state index contributed by atoms with van der Waals surface area (Å²) in [6.45, 7) is 0. The van der Waals surface area contributed by atoms with Crippen molar-refractivity contribution in [1.29, 1.82) is 0 Å². The standard InChI is InChI=1S/C14H9Cl2F3N2O3S/c15-8-1-6-12(11(16)7-8)21-25(23,24)10-4-2-9(3-5-10)20-13(22)14(17,18)19/h1-7,21H,(H,20,22). The fourth-order valence-corrected chi connectivity index (χ4v) is 3.29. The van der Waals surface area contributed by atoms with Gasteiger partial charge in [0.15, 0.2) is 0 Å². The molecule has 0 saturated heterocycles. The zero-order valence-corrected chi connectivity index (χ0v) is 14.4. The number of halogens is 5. The van der Waals surface area contributed by atoms with Crippen LogP contribution in [0, 0.1) is 0 Å². The Morgan fingerprint density at radius 1 is 1.00 bits per heavy atom. The summed E-state index contributed by atoms with van der Waals surface area (Å²) in [5.41, 5.74) is -0.119. The van der Waals surface area contributed by atoms with Crippen molar-refractivity contribution in [2.24, 2.45) is 0 Å². The highest BCUT2D eigenvalue weighted by Gasteiger charge is 2.38. The quantitative estimate of drug-likeness (QED) is 0.785. The van der Waals surface area contributed by atoms with Crippen LogP contribution in [-0.2, 0) is 14.8 Å². The van der Waals surface area contributed by atoms with Crippen LogP contribution in [0.2, 0.25) is 10.0 Å². The van der Waals surface area contributed by atoms with Gasteiger partial charge in [0.2, 0.25) is 0 Å². The second-order valence-electron chi connectivity index (χ2n) is 4.71. The summed E-state index contributed by atoms with van der Waals surface area (Å²) in [6.07, 6.45) is -5.04. The first kappa shape index (κ1) is 19.4. The van der Waals surface area contributed by atoms with E-state index in [-0.39, 0.29) is 21.3 Å². The zero-order chi connectivity index (χ0) is 18.8. The van der Waals surface area contributed by atoms with Gasteiger partial charge >= 0.3 is 12.1 Å². The first-order valence-electron chi connectivity index (χ1n) is 6.45. The fraction of sp³-hybridized carbons (Fsp3) is 0.0714. The van der Waals surface area contributed by atoms with E-state index in [2.05, 4.69) is 4.72 Å². The number of carbonyl (C=O) groups excluding carboxylic acids is 1. The molecule has 2 rings (SSSR count). The van der Waals surface area contributed by atoms with Crippen molar-refractivity contribution in [1.82, 2.24) is 0 Å². The largest absolute Gasteiger partial charge is 0.471 e. The average Bonchev–Trinajstić information content (AvgIpc) is 2.49. The second kappa shape index (κ2) is 7.11. The van der Waals surface area contributed by atoms with Crippen LogP contribution in [0.3, 0.4) is 0 Å². The maximum absolute atomic E-state index is 12.3. The number of hydrogen-bond acceptors (Lipinski definition) is 3. The second-order valence-corrected chi connectivity index (χ2v) is 7.23. The van der Waals surface area contributed by atoms with Gasteiger partial charge in [-0.2, -0.15) is 13.2 Å². The van der Waals surface area contributed by atoms with Gasteiger partial charge in [-0.3, -0.25) is 9.52 Å². The number of anilines is 2. The molecule has 0 radical (unpaired) electrons. The molecule has 0 aromatic heterocycles. The Labute approximate surface area is 150 Å². The van der Waals surface area contributed by atoms with Gasteiger partial charge in [-0.1, -0.05) is 23.2 Å². The lowest BCUT2D eigenvalue weighted by Crippen LogP contribution is -2.29. The Kier molecular flexibility index (Phi) is 5.50. The van der Waals surface area contributed by atoms with E-state index in [1.165, 1.54) is 18.2 Å². The predicted molar refractivity (Wildman–Crippen MR) is 88.4 cm³/mol. The van der Waals surface area contributed by atoms with Gasteiger partial charge in [0.05, 0.1) is 15.6 Å². The molecule has 0 aliphatic heterocycles. The molecule has 11 heteroatoms. The van der Waals surface area contributed by atoms with Gasteiger partial charge in [-0.15, -0.1) is 0 Å². The highest BCUT2D eigenvalue weighted by atomic mass is 35.5. The van der Waals surface area contributed by atoms with E-state index in [0.29, 0.717) is 5.02 Å². The van der Waals surface area contributed by atoms with Crippen molar-refractivity contribution in [3.05, 3.63) is 52.5 Å². The Morgan fingerprint density at radius 3 is 2.12 bits per heavy atom. The van der Waals surface area contributed by atoms with Gasteiger partial charge in [0.1, 0.15) is 0 Å². The Bertz CT molecular complexity index is 901. The Hall–Kier alpha value is -1.97. The molecule has 1 amide bonds. The molecule has 0 atom stereocenters. The number of alkyl halides is 3. The van der Waals surface area contributed by atoms with Gasteiger partial charge in [-0.05, 0) is 42.5 Å². The summed E-state index contributed by atoms with van der Waals surface area (Å²) in [5.74, 6) is -2.16. The molecule has 5 nitrogen and oxygen atoms in total. The minimum atomic E-state index is -5.04. The van der Waals surface area contributed by atoms with Crippen molar-refractivity contribution >= 4 is 50.5 Å². The van der Waals surface area contributed by atoms with E-state index in [4.69, 9.17) is 23.2 Å². The van der Waals surface area contributed by atoms with Crippen LogP contribution in [0.1, 0.15) is 0 Å². The lowest BCUT2D eigenvalue weighted by Gasteiger charge is -2.11. The number of benzene rings is 2. The molecular formula is C14H9Cl2F3N2O3S. The average molecular weight is 413 g/mol. The molecule has 0 saturated carbocycles. The third-order valence-corrected chi connectivity index (χ3v) is 4.78. The maximum atomic E-state index is 12.3. The molecule has 0 bridgehead atoms. The van der Waals surface area contributed by atoms with E-state index in [0.717, 1.165) is 24.3 Å². The van der Waals surface area contributed by atoms with Gasteiger partial charge in [-0.25, -0.2) is 8.42 Å². The number of hydrogen-bond donors (Lipinski definition) is 2. The van der Waals surface area contributed by atoms with Gasteiger partial charge in [0.25, 0.3) is 10.0 Å². The normalized spacial score (nSPS) is 11.9. The molecule has 0 spiro atoms. The Balaban J connectivity index is 2.19.